The second-order valence-corrected chi connectivity index (χ2v) is 4.81. The number of hydrogen-bond acceptors (Lipinski definition) is 3. The number of likely N-dealkylation sites (N-methyl/N-ethyl adjacent to an activating group) is 1. The molecule has 1 atom stereocenters. The van der Waals surface area contributed by atoms with Crippen LogP contribution in [-0.4, -0.2) is 77.6 Å². The van der Waals surface area contributed by atoms with Gasteiger partial charge in [-0.1, -0.05) is 0 Å². The molecule has 0 spiro atoms. The second-order valence-electron chi connectivity index (χ2n) is 4.81. The molecule has 6 nitrogen and oxygen atoms in total. The summed E-state index contributed by atoms with van der Waals surface area (Å²) in [5.41, 5.74) is 0. The lowest BCUT2D eigenvalue weighted by molar-refractivity contribution is -0.137. The van der Waals surface area contributed by atoms with Crippen LogP contribution in [0.15, 0.2) is 0 Å². The quantitative estimate of drug-likeness (QED) is 0.733. The molecule has 0 bridgehead atoms. The Kier molecular flexibility index (Phi) is 3.51. The van der Waals surface area contributed by atoms with Gasteiger partial charge in [-0.05, 0) is 19.4 Å². The molecule has 0 aliphatic carbocycles. The Morgan fingerprint density at radius 1 is 1.35 bits per heavy atom. The highest BCUT2D eigenvalue weighted by Gasteiger charge is 2.33. The summed E-state index contributed by atoms with van der Waals surface area (Å²) in [6.45, 7) is 3.26. The Morgan fingerprint density at radius 3 is 2.82 bits per heavy atom. The zero-order valence-electron chi connectivity index (χ0n) is 10.1. The monoisotopic (exact) mass is 241 g/mol. The fourth-order valence-electron chi connectivity index (χ4n) is 2.68. The normalized spacial score (nSPS) is 24.5. The van der Waals surface area contributed by atoms with Crippen LogP contribution in [0.25, 0.3) is 0 Å². The first-order chi connectivity index (χ1) is 8.08. The van der Waals surface area contributed by atoms with Crippen LogP contribution in [0.5, 0.6) is 0 Å². The van der Waals surface area contributed by atoms with Crippen LogP contribution in [0, 0.1) is 0 Å². The third-order valence-corrected chi connectivity index (χ3v) is 3.56. The van der Waals surface area contributed by atoms with E-state index >= 15 is 0 Å². The predicted octanol–water partition coefficient (Wildman–Crippen LogP) is -0.0972. The van der Waals surface area contributed by atoms with Crippen molar-refractivity contribution in [3.8, 4) is 0 Å². The minimum absolute atomic E-state index is 0.168. The SMILES string of the molecule is CN(CC(=O)O)C(=O)N1CCN2CCCC2C1. The van der Waals surface area contributed by atoms with E-state index in [2.05, 4.69) is 4.90 Å². The topological polar surface area (TPSA) is 64.1 Å². The lowest BCUT2D eigenvalue weighted by Gasteiger charge is -2.38. The van der Waals surface area contributed by atoms with E-state index in [1.165, 1.54) is 18.4 Å². The van der Waals surface area contributed by atoms with E-state index in [9.17, 15) is 9.59 Å². The van der Waals surface area contributed by atoms with E-state index in [-0.39, 0.29) is 12.6 Å². The third-order valence-electron chi connectivity index (χ3n) is 3.56. The molecule has 2 aliphatic heterocycles. The van der Waals surface area contributed by atoms with Crippen LogP contribution in [0.3, 0.4) is 0 Å². The summed E-state index contributed by atoms with van der Waals surface area (Å²) in [6.07, 6.45) is 2.35. The average molecular weight is 241 g/mol. The fourth-order valence-corrected chi connectivity index (χ4v) is 2.68. The number of amides is 2. The minimum Gasteiger partial charge on any atom is -0.480 e. The number of carboxylic acid groups (broad SMARTS) is 1. The summed E-state index contributed by atoms with van der Waals surface area (Å²) in [6, 6.07) is 0.310. The zero-order valence-corrected chi connectivity index (χ0v) is 10.1. The van der Waals surface area contributed by atoms with Gasteiger partial charge in [0.1, 0.15) is 6.54 Å². The smallest absolute Gasteiger partial charge is 0.323 e. The van der Waals surface area contributed by atoms with Crippen molar-refractivity contribution in [3.05, 3.63) is 0 Å². The molecule has 0 aromatic rings. The van der Waals surface area contributed by atoms with Crippen molar-refractivity contribution < 1.29 is 14.7 Å². The summed E-state index contributed by atoms with van der Waals surface area (Å²) in [7, 11) is 1.54. The molecule has 17 heavy (non-hydrogen) atoms. The molecule has 2 aliphatic rings. The van der Waals surface area contributed by atoms with Gasteiger partial charge in [0, 0.05) is 32.7 Å². The maximum atomic E-state index is 12.0. The van der Waals surface area contributed by atoms with Crippen molar-refractivity contribution in [2.45, 2.75) is 18.9 Å². The van der Waals surface area contributed by atoms with Crippen molar-refractivity contribution >= 4 is 12.0 Å². The molecule has 0 saturated carbocycles. The lowest BCUT2D eigenvalue weighted by Crippen LogP contribution is -2.55. The standard InChI is InChI=1S/C11H19N3O3/c1-12(8-10(15)16)11(17)14-6-5-13-4-2-3-9(13)7-14/h9H,2-8H2,1H3,(H,15,16). The Labute approximate surface area is 101 Å². The largest absolute Gasteiger partial charge is 0.480 e. The number of urea groups is 1. The number of carbonyl (C=O) groups is 2. The third kappa shape index (κ3) is 2.69. The molecule has 2 heterocycles. The molecule has 0 aromatic carbocycles. The molecule has 2 amide bonds. The van der Waals surface area contributed by atoms with Crippen molar-refractivity contribution in [1.29, 1.82) is 0 Å². The van der Waals surface area contributed by atoms with E-state index in [1.54, 1.807) is 4.90 Å². The van der Waals surface area contributed by atoms with Gasteiger partial charge in [-0.15, -0.1) is 0 Å². The van der Waals surface area contributed by atoms with Crippen LogP contribution >= 0.6 is 0 Å². The second kappa shape index (κ2) is 4.91. The Balaban J connectivity index is 1.89. The molecule has 0 radical (unpaired) electrons. The molecule has 1 unspecified atom stereocenters. The summed E-state index contributed by atoms with van der Waals surface area (Å²) in [4.78, 5) is 28.0. The van der Waals surface area contributed by atoms with Crippen LogP contribution < -0.4 is 0 Å². The lowest BCUT2D eigenvalue weighted by atomic mass is 10.1. The highest BCUT2D eigenvalue weighted by molar-refractivity contribution is 5.80. The highest BCUT2D eigenvalue weighted by atomic mass is 16.4. The van der Waals surface area contributed by atoms with Crippen LogP contribution in [0.4, 0.5) is 4.79 Å². The first-order valence-electron chi connectivity index (χ1n) is 6.04. The van der Waals surface area contributed by atoms with Gasteiger partial charge in [0.05, 0.1) is 0 Å². The maximum absolute atomic E-state index is 12.0. The minimum atomic E-state index is -0.972. The Hall–Kier alpha value is -1.30. The van der Waals surface area contributed by atoms with E-state index in [4.69, 9.17) is 5.11 Å². The number of piperazine rings is 1. The summed E-state index contributed by atoms with van der Waals surface area (Å²) < 4.78 is 0. The zero-order chi connectivity index (χ0) is 12.4. The van der Waals surface area contributed by atoms with E-state index in [0.29, 0.717) is 12.6 Å². The van der Waals surface area contributed by atoms with Gasteiger partial charge in [-0.3, -0.25) is 9.69 Å². The van der Waals surface area contributed by atoms with Gasteiger partial charge < -0.3 is 14.9 Å². The van der Waals surface area contributed by atoms with Gasteiger partial charge in [-0.25, -0.2) is 4.79 Å². The molecule has 2 fully saturated rings. The average Bonchev–Trinajstić information content (AvgIpc) is 2.73. The first-order valence-corrected chi connectivity index (χ1v) is 6.04. The summed E-state index contributed by atoms with van der Waals surface area (Å²) >= 11 is 0. The van der Waals surface area contributed by atoms with Crippen LogP contribution in [-0.2, 0) is 4.79 Å². The number of carbonyl (C=O) groups excluding carboxylic acids is 1. The van der Waals surface area contributed by atoms with Gasteiger partial charge in [0.2, 0.25) is 0 Å². The molecule has 0 aromatic heterocycles. The molecular formula is C11H19N3O3. The number of carboxylic acids is 1. The molecule has 1 N–H and O–H groups in total. The van der Waals surface area contributed by atoms with E-state index < -0.39 is 5.97 Å². The Morgan fingerprint density at radius 2 is 2.12 bits per heavy atom. The molecule has 6 heteroatoms. The number of rotatable bonds is 2. The van der Waals surface area contributed by atoms with E-state index in [0.717, 1.165) is 26.1 Å². The highest BCUT2D eigenvalue weighted by Crippen LogP contribution is 2.21. The van der Waals surface area contributed by atoms with Crippen molar-refractivity contribution in [2.24, 2.45) is 0 Å². The number of nitrogens with zero attached hydrogens (tertiary/aromatic N) is 3. The van der Waals surface area contributed by atoms with Gasteiger partial charge in [0.15, 0.2) is 0 Å². The van der Waals surface area contributed by atoms with Gasteiger partial charge in [-0.2, -0.15) is 0 Å². The summed E-state index contributed by atoms with van der Waals surface area (Å²) in [5, 5.41) is 8.66. The fraction of sp³-hybridized carbons (Fsp3) is 0.818. The maximum Gasteiger partial charge on any atom is 0.323 e. The van der Waals surface area contributed by atoms with Gasteiger partial charge >= 0.3 is 12.0 Å². The molecule has 96 valence electrons. The van der Waals surface area contributed by atoms with Gasteiger partial charge in [0.25, 0.3) is 0 Å². The van der Waals surface area contributed by atoms with Crippen molar-refractivity contribution in [1.82, 2.24) is 14.7 Å². The number of hydrogen-bond donors (Lipinski definition) is 1. The van der Waals surface area contributed by atoms with Crippen molar-refractivity contribution in [2.75, 3.05) is 39.8 Å². The van der Waals surface area contributed by atoms with Crippen molar-refractivity contribution in [3.63, 3.8) is 0 Å². The number of fused-ring (bicyclic) bond motifs is 1. The molecule has 2 saturated heterocycles. The predicted molar refractivity (Wildman–Crippen MR) is 61.8 cm³/mol. The van der Waals surface area contributed by atoms with Crippen LogP contribution in [0.1, 0.15) is 12.8 Å². The number of aliphatic carboxylic acids is 1. The Bertz CT molecular complexity index is 321. The summed E-state index contributed by atoms with van der Waals surface area (Å²) in [5.74, 6) is -0.972. The van der Waals surface area contributed by atoms with Crippen LogP contribution in [0.2, 0.25) is 0 Å². The molecule has 2 rings (SSSR count). The first kappa shape index (κ1) is 12.2. The molecular weight excluding hydrogens is 222 g/mol. The van der Waals surface area contributed by atoms with E-state index in [1.807, 2.05) is 0 Å².